The molecule has 1 rings (SSSR count). The first-order valence-corrected chi connectivity index (χ1v) is 5.79. The SMILES string of the molecule is Cc1cccc(CNNC(=O)OC(C)(C)C)c1O. The van der Waals surface area contributed by atoms with Crippen LogP contribution in [0.25, 0.3) is 0 Å². The van der Waals surface area contributed by atoms with Crippen LogP contribution in [0.1, 0.15) is 31.9 Å². The summed E-state index contributed by atoms with van der Waals surface area (Å²) in [7, 11) is 0. The molecule has 0 aliphatic carbocycles. The molecular formula is C13H20N2O3. The van der Waals surface area contributed by atoms with Gasteiger partial charge in [0.1, 0.15) is 11.4 Å². The van der Waals surface area contributed by atoms with Gasteiger partial charge < -0.3 is 9.84 Å². The lowest BCUT2D eigenvalue weighted by Crippen LogP contribution is -2.40. The lowest BCUT2D eigenvalue weighted by molar-refractivity contribution is 0.0496. The first kappa shape index (κ1) is 14.3. The number of para-hydroxylation sites is 1. The van der Waals surface area contributed by atoms with Crippen molar-refractivity contribution in [2.75, 3.05) is 0 Å². The number of benzene rings is 1. The van der Waals surface area contributed by atoms with E-state index in [2.05, 4.69) is 10.9 Å². The van der Waals surface area contributed by atoms with Crippen LogP contribution in [0.5, 0.6) is 5.75 Å². The normalized spacial score (nSPS) is 11.1. The topological polar surface area (TPSA) is 70.6 Å². The van der Waals surface area contributed by atoms with Crippen LogP contribution in [-0.2, 0) is 11.3 Å². The van der Waals surface area contributed by atoms with Crippen molar-refractivity contribution in [2.45, 2.75) is 39.8 Å². The van der Waals surface area contributed by atoms with Crippen molar-refractivity contribution < 1.29 is 14.6 Å². The molecule has 0 aromatic heterocycles. The quantitative estimate of drug-likeness (QED) is 0.721. The Bertz CT molecular complexity index is 425. The van der Waals surface area contributed by atoms with E-state index in [0.717, 1.165) is 5.56 Å². The number of rotatable bonds is 3. The number of carbonyl (C=O) groups excluding carboxylic acids is 1. The number of phenolic OH excluding ortho intramolecular Hbond substituents is 1. The summed E-state index contributed by atoms with van der Waals surface area (Å²) in [6.07, 6.45) is -0.547. The first-order chi connectivity index (χ1) is 8.29. The Hall–Kier alpha value is -1.75. The number of ether oxygens (including phenoxy) is 1. The van der Waals surface area contributed by atoms with Crippen molar-refractivity contribution in [3.8, 4) is 5.75 Å². The van der Waals surface area contributed by atoms with Crippen LogP contribution < -0.4 is 10.9 Å². The van der Waals surface area contributed by atoms with Gasteiger partial charge in [0, 0.05) is 12.1 Å². The van der Waals surface area contributed by atoms with Gasteiger partial charge >= 0.3 is 6.09 Å². The van der Waals surface area contributed by atoms with Gasteiger partial charge in [0.2, 0.25) is 0 Å². The molecule has 0 aliphatic heterocycles. The molecule has 0 unspecified atom stereocenters. The second kappa shape index (κ2) is 5.73. The van der Waals surface area contributed by atoms with Gasteiger partial charge in [0.15, 0.2) is 0 Å². The van der Waals surface area contributed by atoms with Crippen LogP contribution in [0.15, 0.2) is 18.2 Å². The van der Waals surface area contributed by atoms with Gasteiger partial charge in [-0.3, -0.25) is 5.43 Å². The molecule has 0 saturated carbocycles. The largest absolute Gasteiger partial charge is 0.507 e. The molecular weight excluding hydrogens is 232 g/mol. The molecule has 3 N–H and O–H groups in total. The zero-order valence-electron chi connectivity index (χ0n) is 11.2. The summed E-state index contributed by atoms with van der Waals surface area (Å²) in [5, 5.41) is 9.77. The lowest BCUT2D eigenvalue weighted by Gasteiger charge is -2.20. The number of phenols is 1. The Morgan fingerprint density at radius 3 is 2.67 bits per heavy atom. The summed E-state index contributed by atoms with van der Waals surface area (Å²) >= 11 is 0. The fraction of sp³-hybridized carbons (Fsp3) is 0.462. The Morgan fingerprint density at radius 2 is 2.06 bits per heavy atom. The standard InChI is InChI=1S/C13H20N2O3/c1-9-6-5-7-10(11(9)16)8-14-15-12(17)18-13(2,3)4/h5-7,14,16H,8H2,1-4H3,(H,15,17). The second-order valence-corrected chi connectivity index (χ2v) is 5.06. The number of aryl methyl sites for hydroxylation is 1. The van der Waals surface area contributed by atoms with Crippen molar-refractivity contribution in [3.63, 3.8) is 0 Å². The van der Waals surface area contributed by atoms with Crippen molar-refractivity contribution in [3.05, 3.63) is 29.3 Å². The van der Waals surface area contributed by atoms with Crippen LogP contribution in [0, 0.1) is 6.92 Å². The van der Waals surface area contributed by atoms with Crippen molar-refractivity contribution in [2.24, 2.45) is 0 Å². The maximum Gasteiger partial charge on any atom is 0.422 e. The Balaban J connectivity index is 2.43. The van der Waals surface area contributed by atoms with Crippen LogP contribution in [-0.4, -0.2) is 16.8 Å². The van der Waals surface area contributed by atoms with Gasteiger partial charge in [-0.2, -0.15) is 0 Å². The van der Waals surface area contributed by atoms with Gasteiger partial charge in [-0.25, -0.2) is 10.2 Å². The molecule has 1 aromatic carbocycles. The van der Waals surface area contributed by atoms with Crippen LogP contribution in [0.3, 0.4) is 0 Å². The molecule has 0 saturated heterocycles. The highest BCUT2D eigenvalue weighted by molar-refractivity contribution is 5.67. The Morgan fingerprint density at radius 1 is 1.39 bits per heavy atom. The molecule has 0 radical (unpaired) electrons. The number of hydrogen-bond donors (Lipinski definition) is 3. The van der Waals surface area contributed by atoms with Crippen LogP contribution in [0.4, 0.5) is 4.79 Å². The van der Waals surface area contributed by atoms with Crippen LogP contribution in [0.2, 0.25) is 0 Å². The van der Waals surface area contributed by atoms with E-state index in [-0.39, 0.29) is 5.75 Å². The van der Waals surface area contributed by atoms with Crippen molar-refractivity contribution >= 4 is 6.09 Å². The fourth-order valence-corrected chi connectivity index (χ4v) is 1.38. The minimum absolute atomic E-state index is 0.232. The zero-order valence-corrected chi connectivity index (χ0v) is 11.2. The number of hydrogen-bond acceptors (Lipinski definition) is 4. The number of hydrazine groups is 1. The lowest BCUT2D eigenvalue weighted by atomic mass is 10.1. The molecule has 0 spiro atoms. The van der Waals surface area contributed by atoms with Gasteiger partial charge in [-0.1, -0.05) is 18.2 Å². The van der Waals surface area contributed by atoms with Gasteiger partial charge in [0.05, 0.1) is 0 Å². The molecule has 5 heteroatoms. The second-order valence-electron chi connectivity index (χ2n) is 5.06. The number of amides is 1. The van der Waals surface area contributed by atoms with Gasteiger partial charge in [-0.05, 0) is 33.3 Å². The highest BCUT2D eigenvalue weighted by atomic mass is 16.6. The molecule has 0 fully saturated rings. The fourth-order valence-electron chi connectivity index (χ4n) is 1.38. The highest BCUT2D eigenvalue weighted by Gasteiger charge is 2.15. The summed E-state index contributed by atoms with van der Waals surface area (Å²) in [5.41, 5.74) is 6.10. The van der Waals surface area contributed by atoms with Gasteiger partial charge in [0.25, 0.3) is 0 Å². The number of aromatic hydroxyl groups is 1. The predicted octanol–water partition coefficient (Wildman–Crippen LogP) is 2.23. The summed E-state index contributed by atoms with van der Waals surface area (Å²) in [6, 6.07) is 5.45. The zero-order chi connectivity index (χ0) is 13.8. The minimum Gasteiger partial charge on any atom is -0.507 e. The summed E-state index contributed by atoms with van der Waals surface area (Å²) < 4.78 is 5.05. The van der Waals surface area contributed by atoms with Crippen molar-refractivity contribution in [1.82, 2.24) is 10.9 Å². The summed E-state index contributed by atoms with van der Waals surface area (Å²) in [6.45, 7) is 7.52. The predicted molar refractivity (Wildman–Crippen MR) is 69.1 cm³/mol. The number of carbonyl (C=O) groups is 1. The monoisotopic (exact) mass is 252 g/mol. The third kappa shape index (κ3) is 4.63. The average molecular weight is 252 g/mol. The molecule has 0 bridgehead atoms. The van der Waals surface area contributed by atoms with Crippen molar-refractivity contribution in [1.29, 1.82) is 0 Å². The molecule has 5 nitrogen and oxygen atoms in total. The Labute approximate surface area is 107 Å². The maximum atomic E-state index is 11.3. The molecule has 0 heterocycles. The third-order valence-electron chi connectivity index (χ3n) is 2.19. The first-order valence-electron chi connectivity index (χ1n) is 5.79. The van der Waals surface area contributed by atoms with E-state index < -0.39 is 11.7 Å². The Kier molecular flexibility index (Phi) is 4.55. The smallest absolute Gasteiger partial charge is 0.422 e. The molecule has 0 atom stereocenters. The molecule has 1 amide bonds. The maximum absolute atomic E-state index is 11.3. The summed E-state index contributed by atoms with van der Waals surface area (Å²) in [5.74, 6) is 0.232. The van der Waals surface area contributed by atoms with E-state index in [9.17, 15) is 9.90 Å². The van der Waals surface area contributed by atoms with E-state index in [1.807, 2.05) is 19.1 Å². The number of nitrogens with one attached hydrogen (secondary N) is 2. The third-order valence-corrected chi connectivity index (χ3v) is 2.19. The molecule has 0 aliphatic rings. The van der Waals surface area contributed by atoms with E-state index in [1.165, 1.54) is 0 Å². The highest BCUT2D eigenvalue weighted by Crippen LogP contribution is 2.20. The van der Waals surface area contributed by atoms with E-state index in [0.29, 0.717) is 12.1 Å². The van der Waals surface area contributed by atoms with Gasteiger partial charge in [-0.15, -0.1) is 0 Å². The average Bonchev–Trinajstić information content (AvgIpc) is 2.21. The minimum atomic E-state index is -0.547. The van der Waals surface area contributed by atoms with E-state index >= 15 is 0 Å². The molecule has 18 heavy (non-hydrogen) atoms. The van der Waals surface area contributed by atoms with E-state index in [4.69, 9.17) is 4.74 Å². The van der Waals surface area contributed by atoms with E-state index in [1.54, 1.807) is 26.8 Å². The summed E-state index contributed by atoms with van der Waals surface area (Å²) in [4.78, 5) is 11.3. The molecule has 100 valence electrons. The molecule has 1 aromatic rings. The van der Waals surface area contributed by atoms with Crippen LogP contribution >= 0.6 is 0 Å².